The maximum absolute atomic E-state index is 12.3. The first-order chi connectivity index (χ1) is 10.5. The van der Waals surface area contributed by atoms with E-state index in [1.807, 2.05) is 0 Å². The van der Waals surface area contributed by atoms with Gasteiger partial charge < -0.3 is 0 Å². The number of Topliss-reactive ketones (excluding diaryl/α,β-unsaturated/α-hetero) is 1. The molecule has 0 unspecified atom stereocenters. The SMILES string of the molecule is O=C(C(=C1N=CC=CS1)[N+](=O)[O-])C(=C1N=CC=CS1)[N+](=O)[O-]. The lowest BCUT2D eigenvalue weighted by atomic mass is 10.2. The first-order valence-corrected chi connectivity index (χ1v) is 7.32. The van der Waals surface area contributed by atoms with Crippen LogP contribution in [0, 0.1) is 20.2 Å². The van der Waals surface area contributed by atoms with Crippen molar-refractivity contribution in [2.45, 2.75) is 0 Å². The maximum atomic E-state index is 12.3. The number of allylic oxidation sites excluding steroid dienone is 2. The number of thioether (sulfide) groups is 2. The monoisotopic (exact) mass is 338 g/mol. The van der Waals surface area contributed by atoms with Crippen LogP contribution in [0.25, 0.3) is 0 Å². The molecule has 0 saturated heterocycles. The summed E-state index contributed by atoms with van der Waals surface area (Å²) in [5.41, 5.74) is -1.90. The van der Waals surface area contributed by atoms with Crippen LogP contribution in [0.3, 0.4) is 0 Å². The molecular formula is C11H6N4O5S2. The molecule has 0 aromatic rings. The van der Waals surface area contributed by atoms with Gasteiger partial charge in [0.1, 0.15) is 0 Å². The predicted molar refractivity (Wildman–Crippen MR) is 83.5 cm³/mol. The van der Waals surface area contributed by atoms with Crippen LogP contribution in [0.5, 0.6) is 0 Å². The quantitative estimate of drug-likeness (QED) is 0.436. The lowest BCUT2D eigenvalue weighted by Crippen LogP contribution is -2.21. The Balaban J connectivity index is 2.54. The van der Waals surface area contributed by atoms with E-state index in [1.54, 1.807) is 0 Å². The summed E-state index contributed by atoms with van der Waals surface area (Å²) >= 11 is 1.68. The minimum absolute atomic E-state index is 0.210. The number of hydrogen-bond acceptors (Lipinski definition) is 9. The molecule has 9 nitrogen and oxygen atoms in total. The van der Waals surface area contributed by atoms with E-state index in [4.69, 9.17) is 0 Å². The highest BCUT2D eigenvalue weighted by atomic mass is 32.2. The highest BCUT2D eigenvalue weighted by Crippen LogP contribution is 2.31. The van der Waals surface area contributed by atoms with Crippen LogP contribution >= 0.6 is 23.5 Å². The van der Waals surface area contributed by atoms with E-state index in [9.17, 15) is 25.0 Å². The van der Waals surface area contributed by atoms with Crippen molar-refractivity contribution >= 4 is 41.7 Å². The Bertz CT molecular complexity index is 673. The Kier molecular flexibility index (Phi) is 5.01. The highest BCUT2D eigenvalue weighted by molar-refractivity contribution is 8.06. The largest absolute Gasteiger partial charge is 0.355 e. The second-order valence-corrected chi connectivity index (χ2v) is 5.39. The molecule has 2 rings (SSSR count). The number of nitro groups is 2. The van der Waals surface area contributed by atoms with Crippen LogP contribution in [0.4, 0.5) is 0 Å². The zero-order chi connectivity index (χ0) is 16.1. The molecule has 0 aliphatic carbocycles. The van der Waals surface area contributed by atoms with Crippen LogP contribution in [0.1, 0.15) is 0 Å². The number of carbonyl (C=O) groups is 1. The molecule has 0 N–H and O–H groups in total. The topological polar surface area (TPSA) is 128 Å². The van der Waals surface area contributed by atoms with Gasteiger partial charge in [-0.05, 0) is 23.0 Å². The van der Waals surface area contributed by atoms with Gasteiger partial charge in [-0.2, -0.15) is 0 Å². The number of ketones is 1. The van der Waals surface area contributed by atoms with E-state index in [0.29, 0.717) is 0 Å². The first kappa shape index (κ1) is 15.9. The summed E-state index contributed by atoms with van der Waals surface area (Å²) in [6.45, 7) is 0. The molecule has 0 radical (unpaired) electrons. The number of rotatable bonds is 4. The molecule has 0 aromatic heterocycles. The van der Waals surface area contributed by atoms with Crippen molar-refractivity contribution in [2.75, 3.05) is 0 Å². The van der Waals surface area contributed by atoms with E-state index in [2.05, 4.69) is 9.98 Å². The van der Waals surface area contributed by atoms with E-state index >= 15 is 0 Å². The third-order valence-electron chi connectivity index (χ3n) is 2.27. The Hall–Kier alpha value is -2.53. The summed E-state index contributed by atoms with van der Waals surface area (Å²) in [5, 5.41) is 24.9. The fraction of sp³-hybridized carbons (Fsp3) is 0. The summed E-state index contributed by atoms with van der Waals surface area (Å²) in [7, 11) is 0. The van der Waals surface area contributed by atoms with Crippen LogP contribution in [-0.2, 0) is 4.79 Å². The minimum Gasteiger partial charge on any atom is -0.274 e. The van der Waals surface area contributed by atoms with Crippen LogP contribution in [0.15, 0.2) is 54.4 Å². The minimum atomic E-state index is -1.33. The van der Waals surface area contributed by atoms with Crippen molar-refractivity contribution < 1.29 is 14.6 Å². The van der Waals surface area contributed by atoms with Crippen molar-refractivity contribution in [3.63, 3.8) is 0 Å². The summed E-state index contributed by atoms with van der Waals surface area (Å²) in [6.07, 6.45) is 5.57. The van der Waals surface area contributed by atoms with Crippen molar-refractivity contribution in [3.05, 3.63) is 64.6 Å². The molecule has 0 bridgehead atoms. The lowest BCUT2D eigenvalue weighted by molar-refractivity contribution is -0.434. The van der Waals surface area contributed by atoms with Gasteiger partial charge in [0.05, 0.1) is 9.85 Å². The van der Waals surface area contributed by atoms with Gasteiger partial charge >= 0.3 is 17.2 Å². The van der Waals surface area contributed by atoms with E-state index in [0.717, 1.165) is 23.5 Å². The summed E-state index contributed by atoms with van der Waals surface area (Å²) in [6, 6.07) is 0. The lowest BCUT2D eigenvalue weighted by Gasteiger charge is -2.05. The molecule has 0 aromatic carbocycles. The van der Waals surface area contributed by atoms with E-state index in [-0.39, 0.29) is 10.1 Å². The van der Waals surface area contributed by atoms with Gasteiger partial charge in [0, 0.05) is 12.4 Å². The molecule has 22 heavy (non-hydrogen) atoms. The molecule has 0 amide bonds. The van der Waals surface area contributed by atoms with Gasteiger partial charge in [0.2, 0.25) is 0 Å². The highest BCUT2D eigenvalue weighted by Gasteiger charge is 2.40. The maximum Gasteiger partial charge on any atom is 0.355 e. The van der Waals surface area contributed by atoms with Gasteiger partial charge in [0.25, 0.3) is 0 Å². The van der Waals surface area contributed by atoms with Gasteiger partial charge in [0.15, 0.2) is 10.1 Å². The van der Waals surface area contributed by atoms with Gasteiger partial charge in [-0.15, -0.1) is 0 Å². The van der Waals surface area contributed by atoms with Crippen molar-refractivity contribution in [1.29, 1.82) is 0 Å². The summed E-state index contributed by atoms with van der Waals surface area (Å²) < 4.78 is 0. The van der Waals surface area contributed by atoms with E-state index in [1.165, 1.54) is 35.4 Å². The number of nitrogens with zero attached hydrogens (tertiary/aromatic N) is 4. The molecule has 2 heterocycles. The van der Waals surface area contributed by atoms with Crippen molar-refractivity contribution in [3.8, 4) is 0 Å². The average Bonchev–Trinajstić information content (AvgIpc) is 2.49. The third-order valence-corrected chi connectivity index (χ3v) is 3.90. The van der Waals surface area contributed by atoms with Crippen LogP contribution in [-0.4, -0.2) is 28.1 Å². The zero-order valence-electron chi connectivity index (χ0n) is 10.6. The number of carbonyl (C=O) groups excluding carboxylic acids is 1. The summed E-state index contributed by atoms with van der Waals surface area (Å²) in [5.74, 6) is -1.33. The predicted octanol–water partition coefficient (Wildman–Crippen LogP) is 2.11. The van der Waals surface area contributed by atoms with Crippen molar-refractivity contribution in [2.24, 2.45) is 9.98 Å². The standard InChI is InChI=1S/C11H6N4O5S2/c16-9(7(14(17)18)10-12-3-1-5-21-10)8(15(19)20)11-13-4-2-6-22-11/h1-6H. The Morgan fingerprint density at radius 3 is 1.59 bits per heavy atom. The molecule has 112 valence electrons. The second kappa shape index (κ2) is 6.95. The van der Waals surface area contributed by atoms with Gasteiger partial charge in [-0.3, -0.25) is 25.0 Å². The Morgan fingerprint density at radius 2 is 1.32 bits per heavy atom. The molecule has 0 saturated carbocycles. The molecule has 0 fully saturated rings. The fourth-order valence-corrected chi connectivity index (χ4v) is 2.78. The first-order valence-electron chi connectivity index (χ1n) is 5.56. The second-order valence-electron chi connectivity index (χ2n) is 3.60. The molecular weight excluding hydrogens is 332 g/mol. The number of aliphatic imine (C=N–C) groups is 2. The summed E-state index contributed by atoms with van der Waals surface area (Å²) in [4.78, 5) is 40.1. The Labute approximate surface area is 131 Å². The fourth-order valence-electron chi connectivity index (χ4n) is 1.42. The van der Waals surface area contributed by atoms with Gasteiger partial charge in [-0.25, -0.2) is 9.98 Å². The van der Waals surface area contributed by atoms with Crippen molar-refractivity contribution in [1.82, 2.24) is 0 Å². The molecule has 0 spiro atoms. The average molecular weight is 338 g/mol. The molecule has 0 atom stereocenters. The number of hydrogen-bond donors (Lipinski definition) is 0. The molecule has 2 aliphatic rings. The van der Waals surface area contributed by atoms with Gasteiger partial charge in [-0.1, -0.05) is 23.5 Å². The van der Waals surface area contributed by atoms with Crippen LogP contribution in [0.2, 0.25) is 0 Å². The zero-order valence-corrected chi connectivity index (χ0v) is 12.2. The normalized spacial score (nSPS) is 20.7. The van der Waals surface area contributed by atoms with Crippen LogP contribution < -0.4 is 0 Å². The molecule has 2 aliphatic heterocycles. The smallest absolute Gasteiger partial charge is 0.274 e. The third kappa shape index (κ3) is 3.38. The molecule has 11 heteroatoms. The van der Waals surface area contributed by atoms with E-state index < -0.39 is 27.0 Å². The Morgan fingerprint density at radius 1 is 0.909 bits per heavy atom.